The van der Waals surface area contributed by atoms with E-state index in [2.05, 4.69) is 5.32 Å². The summed E-state index contributed by atoms with van der Waals surface area (Å²) in [7, 11) is -9.03. The van der Waals surface area contributed by atoms with Crippen LogP contribution in [0.15, 0.2) is 70.5 Å². The lowest BCUT2D eigenvalue weighted by molar-refractivity contribution is 0.480. The number of hydrogen-bond acceptors (Lipinski definition) is 5. The van der Waals surface area contributed by atoms with Crippen molar-refractivity contribution < 1.29 is 25.9 Å². The molecule has 1 heterocycles. The number of rotatable bonds is 5. The first-order valence-corrected chi connectivity index (χ1v) is 12.6. The average molecular weight is 472 g/mol. The van der Waals surface area contributed by atoms with Crippen molar-refractivity contribution in [2.45, 2.75) is 29.3 Å². The molecule has 0 amide bonds. The minimum Gasteiger partial charge on any atom is -0.302 e. The minimum absolute atomic E-state index is 0.185. The van der Waals surface area contributed by atoms with Crippen LogP contribution in [0.2, 0.25) is 0 Å². The summed E-state index contributed by atoms with van der Waals surface area (Å²) in [4.78, 5) is -0.580. The number of nitrogens with one attached hydrogen (secondary N) is 1. The Bertz CT molecular complexity index is 1440. The van der Waals surface area contributed by atoms with Gasteiger partial charge in [-0.15, -0.1) is 0 Å². The molecule has 0 bridgehead atoms. The molecule has 0 radical (unpaired) electrons. The molecule has 9 heteroatoms. The summed E-state index contributed by atoms with van der Waals surface area (Å²) in [6.07, 6.45) is 2.78. The van der Waals surface area contributed by atoms with E-state index in [0.717, 1.165) is 11.1 Å². The third kappa shape index (κ3) is 4.52. The Morgan fingerprint density at radius 1 is 0.844 bits per heavy atom. The molecule has 3 aromatic rings. The van der Waals surface area contributed by atoms with E-state index >= 15 is 0 Å². The summed E-state index contributed by atoms with van der Waals surface area (Å²) in [6, 6.07) is 16.8. The van der Waals surface area contributed by atoms with E-state index in [4.69, 9.17) is 0 Å². The fourth-order valence-electron chi connectivity index (χ4n) is 3.87. The minimum atomic E-state index is -4.56. The highest BCUT2D eigenvalue weighted by molar-refractivity contribution is 7.86. The fraction of sp³-hybridized carbons (Fsp3) is 0.130. The summed E-state index contributed by atoms with van der Waals surface area (Å²) >= 11 is 0. The fourth-order valence-corrected chi connectivity index (χ4v) is 5.36. The largest absolute Gasteiger partial charge is 0.302 e. The van der Waals surface area contributed by atoms with Gasteiger partial charge in [-0.2, -0.15) is 16.8 Å². The number of benzene rings is 3. The van der Waals surface area contributed by atoms with Crippen molar-refractivity contribution in [3.05, 3.63) is 94.0 Å². The maximum atomic E-state index is 12.1. The Morgan fingerprint density at radius 2 is 1.44 bits per heavy atom. The van der Waals surface area contributed by atoms with Crippen LogP contribution in [0.25, 0.3) is 12.2 Å². The van der Waals surface area contributed by atoms with Crippen molar-refractivity contribution in [1.29, 1.82) is 0 Å². The van der Waals surface area contributed by atoms with E-state index in [-0.39, 0.29) is 27.0 Å². The Balaban J connectivity index is 1.77. The van der Waals surface area contributed by atoms with Crippen molar-refractivity contribution in [2.75, 3.05) is 0 Å². The number of hydrogen-bond donors (Lipinski definition) is 3. The zero-order valence-corrected chi connectivity index (χ0v) is 18.7. The highest BCUT2D eigenvalue weighted by atomic mass is 32.2. The predicted molar refractivity (Wildman–Crippen MR) is 121 cm³/mol. The Kier molecular flexibility index (Phi) is 5.78. The van der Waals surface area contributed by atoms with Gasteiger partial charge in [0.05, 0.1) is 6.04 Å². The van der Waals surface area contributed by atoms with Crippen LogP contribution in [0.3, 0.4) is 0 Å². The van der Waals surface area contributed by atoms with Gasteiger partial charge >= 0.3 is 0 Å². The van der Waals surface area contributed by atoms with E-state index in [0.29, 0.717) is 17.7 Å². The third-order valence-electron chi connectivity index (χ3n) is 5.40. The second kappa shape index (κ2) is 8.27. The second-order valence-electron chi connectivity index (χ2n) is 7.63. The summed E-state index contributed by atoms with van der Waals surface area (Å²) in [5.41, 5.74) is 3.84. The van der Waals surface area contributed by atoms with Crippen molar-refractivity contribution in [2.24, 2.45) is 0 Å². The van der Waals surface area contributed by atoms with Gasteiger partial charge in [0.1, 0.15) is 9.79 Å². The van der Waals surface area contributed by atoms with Crippen LogP contribution in [-0.4, -0.2) is 25.9 Å². The van der Waals surface area contributed by atoms with Gasteiger partial charge in [-0.1, -0.05) is 60.7 Å². The van der Waals surface area contributed by atoms with Crippen LogP contribution in [0.5, 0.6) is 0 Å². The zero-order valence-electron chi connectivity index (χ0n) is 17.1. The highest BCUT2D eigenvalue weighted by Gasteiger charge is 2.25. The molecular formula is C23H21NO6S2. The molecule has 1 aliphatic heterocycles. The molecule has 4 rings (SSSR count). The molecule has 0 aromatic heterocycles. The molecule has 1 unspecified atom stereocenters. The van der Waals surface area contributed by atoms with E-state index in [1.54, 1.807) is 25.1 Å². The summed E-state index contributed by atoms with van der Waals surface area (Å²) in [5.74, 6) is 0. The average Bonchev–Trinajstić information content (AvgIpc) is 3.15. The molecular weight excluding hydrogens is 450 g/mol. The first-order valence-electron chi connectivity index (χ1n) is 9.73. The lowest BCUT2D eigenvalue weighted by Crippen LogP contribution is -2.14. The van der Waals surface area contributed by atoms with Gasteiger partial charge in [-0.3, -0.25) is 9.11 Å². The molecule has 0 fully saturated rings. The SMILES string of the molecule is Cc1ccc(C=Cc2ccc(C3NCc4ccccc43)cc2S(=O)(=O)O)c(S(=O)(=O)O)c1. The smallest absolute Gasteiger partial charge is 0.295 e. The molecule has 3 aromatic carbocycles. The quantitative estimate of drug-likeness (QED) is 0.382. The number of aryl methyl sites for hydroxylation is 1. The van der Waals surface area contributed by atoms with E-state index in [1.807, 2.05) is 24.3 Å². The van der Waals surface area contributed by atoms with Crippen LogP contribution in [0.4, 0.5) is 0 Å². The lowest BCUT2D eigenvalue weighted by Gasteiger charge is -2.15. The van der Waals surface area contributed by atoms with Gasteiger partial charge in [-0.25, -0.2) is 0 Å². The Morgan fingerprint density at radius 3 is 2.09 bits per heavy atom. The van der Waals surface area contributed by atoms with Gasteiger partial charge in [0.15, 0.2) is 0 Å². The first kappa shape index (κ1) is 22.4. The molecule has 0 saturated carbocycles. The molecule has 0 saturated heterocycles. The number of fused-ring (bicyclic) bond motifs is 1. The molecule has 166 valence electrons. The van der Waals surface area contributed by atoms with E-state index < -0.39 is 20.2 Å². The highest BCUT2D eigenvalue weighted by Crippen LogP contribution is 2.33. The van der Waals surface area contributed by atoms with Gasteiger partial charge in [0.2, 0.25) is 0 Å². The lowest BCUT2D eigenvalue weighted by atomic mass is 9.97. The normalized spacial score (nSPS) is 16.4. The molecule has 7 nitrogen and oxygen atoms in total. The molecule has 1 atom stereocenters. The Labute approximate surface area is 186 Å². The van der Waals surface area contributed by atoms with Crippen LogP contribution in [0, 0.1) is 6.92 Å². The second-order valence-corrected chi connectivity index (χ2v) is 10.4. The monoisotopic (exact) mass is 471 g/mol. The van der Waals surface area contributed by atoms with Crippen LogP contribution >= 0.6 is 0 Å². The zero-order chi connectivity index (χ0) is 23.1. The molecule has 32 heavy (non-hydrogen) atoms. The standard InChI is InChI=1S/C23H21NO6S2/c1-15-6-7-16(21(12-15)31(25,26)27)8-9-17-10-11-18(13-22(17)32(28,29)30)23-20-5-3-2-4-19(20)14-24-23/h2-13,23-24H,14H2,1H3,(H,25,26,27)(H,28,29,30). The van der Waals surface area contributed by atoms with Crippen molar-refractivity contribution in [3.8, 4) is 0 Å². The first-order chi connectivity index (χ1) is 15.0. The van der Waals surface area contributed by atoms with E-state index in [9.17, 15) is 25.9 Å². The Hall–Kier alpha value is -2.82. The molecule has 3 N–H and O–H groups in total. The van der Waals surface area contributed by atoms with Crippen molar-refractivity contribution >= 4 is 32.4 Å². The van der Waals surface area contributed by atoms with Crippen molar-refractivity contribution in [3.63, 3.8) is 0 Å². The molecule has 0 aliphatic carbocycles. The predicted octanol–water partition coefficient (Wildman–Crippen LogP) is 3.85. The summed E-state index contributed by atoms with van der Waals surface area (Å²) in [6.45, 7) is 2.34. The maximum Gasteiger partial charge on any atom is 0.295 e. The van der Waals surface area contributed by atoms with Gasteiger partial charge in [0.25, 0.3) is 20.2 Å². The third-order valence-corrected chi connectivity index (χ3v) is 7.22. The van der Waals surface area contributed by atoms with Crippen molar-refractivity contribution in [1.82, 2.24) is 5.32 Å². The van der Waals surface area contributed by atoms with Crippen LogP contribution in [-0.2, 0) is 26.8 Å². The van der Waals surface area contributed by atoms with Crippen LogP contribution < -0.4 is 5.32 Å². The summed E-state index contributed by atoms with van der Waals surface area (Å²) in [5, 5.41) is 3.33. The van der Waals surface area contributed by atoms with E-state index in [1.165, 1.54) is 30.4 Å². The maximum absolute atomic E-state index is 12.1. The van der Waals surface area contributed by atoms with Gasteiger partial charge in [-0.05, 0) is 52.4 Å². The summed E-state index contributed by atoms with van der Waals surface area (Å²) < 4.78 is 67.0. The molecule has 1 aliphatic rings. The van der Waals surface area contributed by atoms with Gasteiger partial charge < -0.3 is 5.32 Å². The van der Waals surface area contributed by atoms with Crippen LogP contribution in [0.1, 0.15) is 39.4 Å². The van der Waals surface area contributed by atoms with Gasteiger partial charge in [0, 0.05) is 6.54 Å². The topological polar surface area (TPSA) is 121 Å². The molecule has 0 spiro atoms.